The summed E-state index contributed by atoms with van der Waals surface area (Å²) in [6.07, 6.45) is 0. The Morgan fingerprint density at radius 1 is 1.31 bits per heavy atom. The highest BCUT2D eigenvalue weighted by Crippen LogP contribution is 2.45. The average molecular weight is 431 g/mol. The lowest BCUT2D eigenvalue weighted by atomic mass is 9.83. The number of aromatic amines is 1. The van der Waals surface area contributed by atoms with Crippen LogP contribution in [0.5, 0.6) is 17.4 Å². The van der Waals surface area contributed by atoms with Crippen molar-refractivity contribution in [3.05, 3.63) is 76.8 Å². The van der Waals surface area contributed by atoms with Crippen molar-refractivity contribution in [2.24, 2.45) is 5.73 Å². The molecule has 9 nitrogen and oxygen atoms in total. The van der Waals surface area contributed by atoms with E-state index in [4.69, 9.17) is 19.9 Å². The van der Waals surface area contributed by atoms with E-state index >= 15 is 0 Å². The molecule has 0 bridgehead atoms. The topological polar surface area (TPSA) is 135 Å². The molecule has 4 N–H and O–H groups in total. The van der Waals surface area contributed by atoms with Gasteiger partial charge in [0.15, 0.2) is 6.61 Å². The van der Waals surface area contributed by atoms with Gasteiger partial charge in [-0.3, -0.25) is 9.89 Å². The third-order valence-corrected chi connectivity index (χ3v) is 5.07. The Morgan fingerprint density at radius 2 is 2.12 bits per heavy atom. The van der Waals surface area contributed by atoms with E-state index in [1.165, 1.54) is 0 Å². The molecule has 4 rings (SSSR count). The van der Waals surface area contributed by atoms with Gasteiger partial charge in [-0.1, -0.05) is 24.3 Å². The highest BCUT2D eigenvalue weighted by atomic mass is 16.5. The molecule has 0 aliphatic carbocycles. The third-order valence-electron chi connectivity index (χ3n) is 5.07. The zero-order valence-corrected chi connectivity index (χ0v) is 17.5. The van der Waals surface area contributed by atoms with E-state index in [0.717, 1.165) is 5.69 Å². The number of methoxy groups -OCH3 is 1. The van der Waals surface area contributed by atoms with Gasteiger partial charge in [-0.2, -0.15) is 5.26 Å². The van der Waals surface area contributed by atoms with E-state index in [-0.39, 0.29) is 24.0 Å². The Balaban J connectivity index is 1.59. The molecule has 9 heteroatoms. The Bertz CT molecular complexity index is 1240. The molecule has 1 aromatic heterocycles. The Morgan fingerprint density at radius 3 is 2.91 bits per heavy atom. The monoisotopic (exact) mass is 431 g/mol. The second kappa shape index (κ2) is 8.73. The molecule has 162 valence electrons. The number of ether oxygens (including phenoxy) is 3. The number of nitrogens with one attached hydrogen (secondary N) is 2. The fraction of sp³-hybridized carbons (Fsp3) is 0.174. The van der Waals surface area contributed by atoms with Gasteiger partial charge in [-0.15, -0.1) is 5.10 Å². The third kappa shape index (κ3) is 3.94. The number of rotatable bonds is 6. The number of para-hydroxylation sites is 1. The van der Waals surface area contributed by atoms with Crippen LogP contribution in [-0.2, 0) is 4.79 Å². The SMILES string of the molecule is COc1cccc(NC(=O)COc2ccccc2C2C(C#N)=C(N)Oc3n[nH]c(C)c32)c1. The smallest absolute Gasteiger partial charge is 0.262 e. The van der Waals surface area contributed by atoms with Gasteiger partial charge in [0.25, 0.3) is 5.91 Å². The van der Waals surface area contributed by atoms with Crippen LogP contribution in [0.4, 0.5) is 5.69 Å². The van der Waals surface area contributed by atoms with E-state index in [1.807, 2.05) is 19.1 Å². The fourth-order valence-corrected chi connectivity index (χ4v) is 3.60. The maximum atomic E-state index is 12.5. The van der Waals surface area contributed by atoms with E-state index in [2.05, 4.69) is 21.6 Å². The summed E-state index contributed by atoms with van der Waals surface area (Å²) >= 11 is 0. The van der Waals surface area contributed by atoms with Crippen LogP contribution >= 0.6 is 0 Å². The van der Waals surface area contributed by atoms with Crippen molar-refractivity contribution in [1.29, 1.82) is 5.26 Å². The summed E-state index contributed by atoms with van der Waals surface area (Å²) < 4.78 is 16.5. The average Bonchev–Trinajstić information content (AvgIpc) is 3.17. The molecule has 1 aliphatic rings. The van der Waals surface area contributed by atoms with Gasteiger partial charge in [0.1, 0.15) is 23.1 Å². The summed E-state index contributed by atoms with van der Waals surface area (Å²) in [4.78, 5) is 12.5. The minimum absolute atomic E-state index is 0.0120. The summed E-state index contributed by atoms with van der Waals surface area (Å²) in [5, 5.41) is 19.5. The number of nitriles is 1. The molecule has 1 atom stereocenters. The van der Waals surface area contributed by atoms with Crippen molar-refractivity contribution in [2.75, 3.05) is 19.0 Å². The van der Waals surface area contributed by atoms with Crippen molar-refractivity contribution in [3.8, 4) is 23.4 Å². The summed E-state index contributed by atoms with van der Waals surface area (Å²) in [7, 11) is 1.56. The second-order valence-corrected chi connectivity index (χ2v) is 7.10. The van der Waals surface area contributed by atoms with E-state index in [9.17, 15) is 10.1 Å². The molecule has 0 saturated carbocycles. The standard InChI is InChI=1S/C23H21N5O4/c1-13-20-21(17(11-24)22(25)32-23(20)28-27-13)16-8-3-4-9-18(16)31-12-19(29)26-14-6-5-7-15(10-14)30-2/h3-10,21H,12,25H2,1-2H3,(H,26,29)(H,27,28). The van der Waals surface area contributed by atoms with Gasteiger partial charge in [0.2, 0.25) is 11.8 Å². The van der Waals surface area contributed by atoms with Crippen molar-refractivity contribution < 1.29 is 19.0 Å². The Labute approximate surface area is 184 Å². The number of aromatic nitrogens is 2. The number of nitrogens with two attached hydrogens (primary N) is 1. The quantitative estimate of drug-likeness (QED) is 0.546. The lowest BCUT2D eigenvalue weighted by Gasteiger charge is -2.25. The molecule has 2 heterocycles. The molecule has 1 aliphatic heterocycles. The van der Waals surface area contributed by atoms with E-state index in [1.54, 1.807) is 43.5 Å². The van der Waals surface area contributed by atoms with Gasteiger partial charge in [-0.05, 0) is 25.1 Å². The molecule has 32 heavy (non-hydrogen) atoms. The summed E-state index contributed by atoms with van der Waals surface area (Å²) in [5.41, 5.74) is 8.96. The Hall–Kier alpha value is -4.45. The first-order chi connectivity index (χ1) is 15.5. The van der Waals surface area contributed by atoms with Crippen molar-refractivity contribution in [2.45, 2.75) is 12.8 Å². The van der Waals surface area contributed by atoms with E-state index < -0.39 is 5.92 Å². The number of benzene rings is 2. The van der Waals surface area contributed by atoms with Crippen LogP contribution in [0.25, 0.3) is 0 Å². The number of hydrogen-bond acceptors (Lipinski definition) is 7. The maximum Gasteiger partial charge on any atom is 0.262 e. The van der Waals surface area contributed by atoms with Crippen LogP contribution in [0.2, 0.25) is 0 Å². The first-order valence-corrected chi connectivity index (χ1v) is 9.80. The van der Waals surface area contributed by atoms with Crippen molar-refractivity contribution in [1.82, 2.24) is 10.2 Å². The summed E-state index contributed by atoms with van der Waals surface area (Å²) in [5.74, 6) is 0.508. The predicted octanol–water partition coefficient (Wildman–Crippen LogP) is 2.96. The van der Waals surface area contributed by atoms with Gasteiger partial charge in [-0.25, -0.2) is 0 Å². The molecule has 1 unspecified atom stereocenters. The molecule has 1 amide bonds. The van der Waals surface area contributed by atoms with Gasteiger partial charge >= 0.3 is 0 Å². The number of allylic oxidation sites excluding steroid dienone is 1. The number of hydrogen-bond donors (Lipinski definition) is 3. The van der Waals surface area contributed by atoms with Gasteiger partial charge in [0.05, 0.1) is 13.0 Å². The highest BCUT2D eigenvalue weighted by molar-refractivity contribution is 5.92. The van der Waals surface area contributed by atoms with Crippen LogP contribution in [0.1, 0.15) is 22.7 Å². The number of carbonyl (C=O) groups is 1. The predicted molar refractivity (Wildman–Crippen MR) is 116 cm³/mol. The van der Waals surface area contributed by atoms with Gasteiger partial charge < -0.3 is 25.3 Å². The summed E-state index contributed by atoms with van der Waals surface area (Å²) in [6.45, 7) is 1.61. The van der Waals surface area contributed by atoms with Crippen molar-refractivity contribution >= 4 is 11.6 Å². The normalized spacial score (nSPS) is 14.7. The first kappa shape index (κ1) is 20.8. The molecule has 0 spiro atoms. The number of anilines is 1. The molecular formula is C23H21N5O4. The molecule has 0 fully saturated rings. The fourth-order valence-electron chi connectivity index (χ4n) is 3.60. The number of nitrogens with zero attached hydrogens (tertiary/aromatic N) is 2. The maximum absolute atomic E-state index is 12.5. The second-order valence-electron chi connectivity index (χ2n) is 7.10. The lowest BCUT2D eigenvalue weighted by Crippen LogP contribution is -2.23. The van der Waals surface area contributed by atoms with Crippen LogP contribution in [0.3, 0.4) is 0 Å². The van der Waals surface area contributed by atoms with Crippen LogP contribution in [0.15, 0.2) is 60.0 Å². The number of fused-ring (bicyclic) bond motifs is 1. The largest absolute Gasteiger partial charge is 0.497 e. The molecule has 0 saturated heterocycles. The lowest BCUT2D eigenvalue weighted by molar-refractivity contribution is -0.118. The Kier molecular flexibility index (Phi) is 5.68. The first-order valence-electron chi connectivity index (χ1n) is 9.80. The minimum Gasteiger partial charge on any atom is -0.497 e. The molecule has 3 aromatic rings. The zero-order chi connectivity index (χ0) is 22.7. The van der Waals surface area contributed by atoms with Crippen LogP contribution in [0, 0.1) is 18.3 Å². The minimum atomic E-state index is -0.542. The number of amides is 1. The van der Waals surface area contributed by atoms with Crippen LogP contribution in [-0.4, -0.2) is 29.8 Å². The number of aryl methyl sites for hydroxylation is 1. The van der Waals surface area contributed by atoms with Crippen LogP contribution < -0.4 is 25.3 Å². The molecule has 2 aromatic carbocycles. The number of H-pyrrole nitrogens is 1. The van der Waals surface area contributed by atoms with E-state index in [0.29, 0.717) is 34.2 Å². The highest BCUT2D eigenvalue weighted by Gasteiger charge is 2.35. The number of carbonyl (C=O) groups excluding carboxylic acids is 1. The summed E-state index contributed by atoms with van der Waals surface area (Å²) in [6, 6.07) is 16.4. The molecule has 0 radical (unpaired) electrons. The molecular weight excluding hydrogens is 410 g/mol. The van der Waals surface area contributed by atoms with Gasteiger partial charge in [0, 0.05) is 28.6 Å². The zero-order valence-electron chi connectivity index (χ0n) is 17.5. The van der Waals surface area contributed by atoms with Crippen molar-refractivity contribution in [3.63, 3.8) is 0 Å².